The van der Waals surface area contributed by atoms with Gasteiger partial charge in [-0.05, 0) is 25.3 Å². The van der Waals surface area contributed by atoms with Crippen molar-refractivity contribution in [3.05, 3.63) is 58.2 Å². The van der Waals surface area contributed by atoms with Gasteiger partial charge in [0.1, 0.15) is 4.70 Å². The van der Waals surface area contributed by atoms with Gasteiger partial charge in [-0.15, -0.1) is 17.9 Å². The fourth-order valence-corrected chi connectivity index (χ4v) is 4.61. The van der Waals surface area contributed by atoms with E-state index >= 15 is 0 Å². The maximum Gasteiger partial charge on any atom is 0.270 e. The van der Waals surface area contributed by atoms with Gasteiger partial charge in [0, 0.05) is 30.6 Å². The van der Waals surface area contributed by atoms with E-state index in [4.69, 9.17) is 4.98 Å². The van der Waals surface area contributed by atoms with Crippen LogP contribution in [0.15, 0.2) is 47.1 Å². The summed E-state index contributed by atoms with van der Waals surface area (Å²) in [5.74, 6) is 0.438. The van der Waals surface area contributed by atoms with Crippen molar-refractivity contribution < 1.29 is 4.79 Å². The third kappa shape index (κ3) is 3.96. The zero-order chi connectivity index (χ0) is 20.4. The molecule has 2 aromatic heterocycles. The Morgan fingerprint density at radius 3 is 2.97 bits per heavy atom. The van der Waals surface area contributed by atoms with Crippen LogP contribution in [0, 0.1) is 12.8 Å². The number of H-pyrrole nitrogens is 1. The molecule has 3 aromatic rings. The Bertz CT molecular complexity index is 1100. The van der Waals surface area contributed by atoms with Gasteiger partial charge in [-0.25, -0.2) is 4.98 Å². The summed E-state index contributed by atoms with van der Waals surface area (Å²) in [4.78, 5) is 34.8. The lowest BCUT2D eigenvalue weighted by molar-refractivity contribution is -0.125. The van der Waals surface area contributed by atoms with Crippen LogP contribution in [-0.2, 0) is 4.79 Å². The van der Waals surface area contributed by atoms with E-state index in [-0.39, 0.29) is 17.4 Å². The van der Waals surface area contributed by atoms with Crippen molar-refractivity contribution in [2.45, 2.75) is 19.8 Å². The Morgan fingerprint density at radius 2 is 2.21 bits per heavy atom. The number of carbonyl (C=O) groups excluding carboxylic acids is 1. The third-order valence-electron chi connectivity index (χ3n) is 5.29. The number of aromatic amines is 1. The molecule has 1 atom stereocenters. The number of rotatable bonds is 5. The molecule has 1 aliphatic heterocycles. The highest BCUT2D eigenvalue weighted by Gasteiger charge is 2.27. The number of benzene rings is 1. The monoisotopic (exact) mass is 408 g/mol. The Balaban J connectivity index is 1.66. The van der Waals surface area contributed by atoms with Crippen molar-refractivity contribution in [1.29, 1.82) is 0 Å². The zero-order valence-electron chi connectivity index (χ0n) is 16.4. The van der Waals surface area contributed by atoms with Gasteiger partial charge in [-0.1, -0.05) is 35.9 Å². The molecule has 6 nitrogen and oxygen atoms in total. The van der Waals surface area contributed by atoms with Crippen molar-refractivity contribution in [3.8, 4) is 11.1 Å². The number of aryl methyl sites for hydroxylation is 1. The van der Waals surface area contributed by atoms with Crippen LogP contribution in [0.4, 0.5) is 5.95 Å². The van der Waals surface area contributed by atoms with Gasteiger partial charge in [0.05, 0.1) is 11.4 Å². The van der Waals surface area contributed by atoms with Gasteiger partial charge in [-0.3, -0.25) is 14.6 Å². The number of piperidine rings is 1. The summed E-state index contributed by atoms with van der Waals surface area (Å²) in [6.45, 7) is 7.46. The lowest BCUT2D eigenvalue weighted by Crippen LogP contribution is -2.44. The maximum absolute atomic E-state index is 12.7. The topological polar surface area (TPSA) is 78.1 Å². The van der Waals surface area contributed by atoms with E-state index in [0.717, 1.165) is 36.0 Å². The summed E-state index contributed by atoms with van der Waals surface area (Å²) >= 11 is 1.41. The number of aromatic nitrogens is 2. The molecule has 0 saturated carbocycles. The van der Waals surface area contributed by atoms with E-state index < -0.39 is 0 Å². The van der Waals surface area contributed by atoms with Gasteiger partial charge in [0.2, 0.25) is 11.9 Å². The highest BCUT2D eigenvalue weighted by Crippen LogP contribution is 2.32. The molecular weight excluding hydrogens is 384 g/mol. The molecule has 1 fully saturated rings. The highest BCUT2D eigenvalue weighted by molar-refractivity contribution is 7.17. The molecule has 1 saturated heterocycles. The van der Waals surface area contributed by atoms with Gasteiger partial charge in [0.25, 0.3) is 5.56 Å². The smallest absolute Gasteiger partial charge is 0.270 e. The number of hydrogen-bond acceptors (Lipinski definition) is 5. The SMILES string of the molecule is C=CCNC(=O)[C@@H]1CCCN(c2nc3c(-c4ccc(C)cc4)csc3c(=O)[nH]2)C1. The average Bonchev–Trinajstić information content (AvgIpc) is 3.17. The lowest BCUT2D eigenvalue weighted by atomic mass is 9.97. The summed E-state index contributed by atoms with van der Waals surface area (Å²) in [6.07, 6.45) is 3.38. The van der Waals surface area contributed by atoms with Crippen LogP contribution >= 0.6 is 11.3 Å². The van der Waals surface area contributed by atoms with E-state index in [9.17, 15) is 9.59 Å². The normalized spacial score (nSPS) is 16.7. The third-order valence-corrected chi connectivity index (χ3v) is 6.26. The minimum Gasteiger partial charge on any atom is -0.352 e. The standard InChI is InChI=1S/C22H24N4O2S/c1-3-10-23-20(27)16-5-4-11-26(12-16)22-24-18-17(13-29-19(18)21(28)25-22)15-8-6-14(2)7-9-15/h3,6-9,13,16H,1,4-5,10-12H2,2H3,(H,23,27)(H,24,25,28)/t16-/m1/s1. The molecule has 150 valence electrons. The van der Waals surface area contributed by atoms with Gasteiger partial charge >= 0.3 is 0 Å². The first-order valence-corrected chi connectivity index (χ1v) is 10.7. The highest BCUT2D eigenvalue weighted by atomic mass is 32.1. The fraction of sp³-hybridized carbons (Fsp3) is 0.318. The summed E-state index contributed by atoms with van der Waals surface area (Å²) in [5, 5.41) is 4.86. The van der Waals surface area contributed by atoms with Crippen molar-refractivity contribution in [2.75, 3.05) is 24.5 Å². The minimum atomic E-state index is -0.133. The summed E-state index contributed by atoms with van der Waals surface area (Å²) in [5.41, 5.74) is 3.79. The van der Waals surface area contributed by atoms with Crippen LogP contribution in [-0.4, -0.2) is 35.5 Å². The number of carbonyl (C=O) groups is 1. The number of hydrogen-bond donors (Lipinski definition) is 2. The first-order valence-electron chi connectivity index (χ1n) is 9.79. The number of nitrogens with zero attached hydrogens (tertiary/aromatic N) is 2. The Labute approximate surface area is 173 Å². The molecule has 2 N–H and O–H groups in total. The Hall–Kier alpha value is -2.93. The second-order valence-electron chi connectivity index (χ2n) is 7.40. The van der Waals surface area contributed by atoms with Crippen molar-refractivity contribution in [1.82, 2.24) is 15.3 Å². The van der Waals surface area contributed by atoms with Crippen molar-refractivity contribution >= 4 is 33.4 Å². The molecule has 0 aliphatic carbocycles. The molecule has 1 aromatic carbocycles. The first kappa shape index (κ1) is 19.4. The molecule has 0 radical (unpaired) electrons. The Kier molecular flexibility index (Phi) is 5.49. The summed E-state index contributed by atoms with van der Waals surface area (Å²) < 4.78 is 0.626. The molecule has 0 unspecified atom stereocenters. The zero-order valence-corrected chi connectivity index (χ0v) is 17.2. The lowest BCUT2D eigenvalue weighted by Gasteiger charge is -2.32. The quantitative estimate of drug-likeness (QED) is 0.634. The molecule has 4 rings (SSSR count). The first-order chi connectivity index (χ1) is 14.1. The van der Waals surface area contributed by atoms with E-state index in [2.05, 4.69) is 48.1 Å². The number of fused-ring (bicyclic) bond motifs is 1. The average molecular weight is 409 g/mol. The number of anilines is 1. The number of nitrogens with one attached hydrogen (secondary N) is 2. The fourth-order valence-electron chi connectivity index (χ4n) is 3.70. The van der Waals surface area contributed by atoms with Crippen LogP contribution in [0.5, 0.6) is 0 Å². The van der Waals surface area contributed by atoms with E-state index in [1.807, 2.05) is 10.3 Å². The van der Waals surface area contributed by atoms with E-state index in [0.29, 0.717) is 23.7 Å². The number of amides is 1. The van der Waals surface area contributed by atoms with Crippen LogP contribution in [0.25, 0.3) is 21.3 Å². The van der Waals surface area contributed by atoms with Crippen LogP contribution in [0.2, 0.25) is 0 Å². The van der Waals surface area contributed by atoms with Gasteiger partial charge in [0.15, 0.2) is 0 Å². The molecular formula is C22H24N4O2S. The van der Waals surface area contributed by atoms with Gasteiger partial charge < -0.3 is 10.2 Å². The largest absolute Gasteiger partial charge is 0.352 e. The molecule has 1 aliphatic rings. The summed E-state index contributed by atoms with van der Waals surface area (Å²) in [6, 6.07) is 8.23. The molecule has 1 amide bonds. The second-order valence-corrected chi connectivity index (χ2v) is 8.28. The maximum atomic E-state index is 12.7. The van der Waals surface area contributed by atoms with Crippen LogP contribution < -0.4 is 15.8 Å². The molecule has 29 heavy (non-hydrogen) atoms. The van der Waals surface area contributed by atoms with Crippen molar-refractivity contribution in [2.24, 2.45) is 5.92 Å². The predicted molar refractivity (Wildman–Crippen MR) is 119 cm³/mol. The van der Waals surface area contributed by atoms with E-state index in [1.165, 1.54) is 16.9 Å². The molecule has 3 heterocycles. The van der Waals surface area contributed by atoms with Gasteiger partial charge in [-0.2, -0.15) is 0 Å². The molecule has 0 bridgehead atoms. The van der Waals surface area contributed by atoms with Crippen LogP contribution in [0.3, 0.4) is 0 Å². The Morgan fingerprint density at radius 1 is 1.41 bits per heavy atom. The minimum absolute atomic E-state index is 0.0221. The van der Waals surface area contributed by atoms with E-state index in [1.54, 1.807) is 6.08 Å². The second kappa shape index (κ2) is 8.21. The van der Waals surface area contributed by atoms with Crippen molar-refractivity contribution in [3.63, 3.8) is 0 Å². The van der Waals surface area contributed by atoms with Crippen LogP contribution in [0.1, 0.15) is 18.4 Å². The number of thiophene rings is 1. The summed E-state index contributed by atoms with van der Waals surface area (Å²) in [7, 11) is 0. The molecule has 7 heteroatoms. The predicted octanol–water partition coefficient (Wildman–Crippen LogP) is 3.48. The molecule has 0 spiro atoms.